The van der Waals surface area contributed by atoms with Crippen molar-refractivity contribution in [1.29, 1.82) is 5.41 Å². The van der Waals surface area contributed by atoms with Crippen LogP contribution in [0.3, 0.4) is 0 Å². The third-order valence-corrected chi connectivity index (χ3v) is 5.23. The van der Waals surface area contributed by atoms with Crippen LogP contribution in [0.2, 0.25) is 0 Å². The van der Waals surface area contributed by atoms with Gasteiger partial charge in [0.25, 0.3) is 0 Å². The molecule has 4 nitrogen and oxygen atoms in total. The Morgan fingerprint density at radius 2 is 1.68 bits per heavy atom. The summed E-state index contributed by atoms with van der Waals surface area (Å²) < 4.78 is 13.4. The van der Waals surface area contributed by atoms with Crippen LogP contribution in [-0.4, -0.2) is 29.0 Å². The Morgan fingerprint density at radius 3 is 2.25 bits per heavy atom. The summed E-state index contributed by atoms with van der Waals surface area (Å²) in [5, 5.41) is 10.5. The molecule has 0 saturated carbocycles. The van der Waals surface area contributed by atoms with Gasteiger partial charge in [0.05, 0.1) is 12.8 Å². The van der Waals surface area contributed by atoms with Gasteiger partial charge in [0.15, 0.2) is 11.5 Å². The van der Waals surface area contributed by atoms with Crippen LogP contribution < -0.4 is 5.32 Å². The first kappa shape index (κ1) is 20.2. The molecule has 0 saturated heterocycles. The van der Waals surface area contributed by atoms with Crippen molar-refractivity contribution in [3.63, 3.8) is 0 Å². The molecule has 3 N–H and O–H groups in total. The molecule has 0 atom stereocenters. The van der Waals surface area contributed by atoms with Crippen molar-refractivity contribution in [2.75, 3.05) is 13.3 Å². The van der Waals surface area contributed by atoms with E-state index in [1.807, 2.05) is 37.7 Å². The van der Waals surface area contributed by atoms with Crippen molar-refractivity contribution < 1.29 is 9.71 Å². The van der Waals surface area contributed by atoms with Crippen LogP contribution >= 0.6 is 11.8 Å². The van der Waals surface area contributed by atoms with Crippen LogP contribution in [-0.2, 0) is 0 Å². The normalized spacial score (nSPS) is 10.9. The number of hydrogen-bond acceptors (Lipinski definition) is 4. The van der Waals surface area contributed by atoms with E-state index < -0.39 is 0 Å². The largest absolute Gasteiger partial charge is 0.312 e. The van der Waals surface area contributed by atoms with E-state index in [9.17, 15) is 4.39 Å². The predicted octanol–water partition coefficient (Wildman–Crippen LogP) is 4.66. The molecule has 0 unspecified atom stereocenters. The molecule has 6 heteroatoms. The molecule has 0 aliphatic heterocycles. The summed E-state index contributed by atoms with van der Waals surface area (Å²) in [6.07, 6.45) is 3.56. The summed E-state index contributed by atoms with van der Waals surface area (Å²) in [5.41, 5.74) is 4.49. The van der Waals surface area contributed by atoms with Crippen LogP contribution in [0.4, 0.5) is 10.1 Å². The van der Waals surface area contributed by atoms with Gasteiger partial charge in [-0.15, -0.1) is 11.8 Å². The van der Waals surface area contributed by atoms with Crippen molar-refractivity contribution in [3.8, 4) is 22.6 Å². The van der Waals surface area contributed by atoms with E-state index in [1.54, 1.807) is 23.9 Å². The quantitative estimate of drug-likeness (QED) is 0.451. The van der Waals surface area contributed by atoms with E-state index in [0.29, 0.717) is 23.7 Å². The summed E-state index contributed by atoms with van der Waals surface area (Å²) in [4.78, 5) is 10.7. The zero-order valence-electron chi connectivity index (χ0n) is 16.3. The third kappa shape index (κ3) is 4.29. The van der Waals surface area contributed by atoms with Crippen LogP contribution in [0.25, 0.3) is 22.6 Å². The van der Waals surface area contributed by atoms with Gasteiger partial charge in [-0.1, -0.05) is 25.5 Å². The number of nitrogens with two attached hydrogens (primary N) is 1. The van der Waals surface area contributed by atoms with Crippen LogP contribution in [0, 0.1) is 11.2 Å². The molecule has 0 spiro atoms. The van der Waals surface area contributed by atoms with Gasteiger partial charge in [-0.05, 0) is 49.1 Å². The molecule has 0 bridgehead atoms. The fraction of sp³-hybridized carbons (Fsp3) is 0.227. The van der Waals surface area contributed by atoms with Crippen LogP contribution in [0.5, 0.6) is 0 Å². The summed E-state index contributed by atoms with van der Waals surface area (Å²) in [5.74, 6) is 0.208. The number of thioether (sulfide) groups is 1. The number of benzene rings is 2. The van der Waals surface area contributed by atoms with Gasteiger partial charge in [0, 0.05) is 16.0 Å². The lowest BCUT2D eigenvalue weighted by atomic mass is 10.0. The maximum absolute atomic E-state index is 13.4. The number of hydrogen-bond donors (Lipinski definition) is 2. The highest BCUT2D eigenvalue weighted by molar-refractivity contribution is 7.98. The minimum absolute atomic E-state index is 0.297. The average Bonchev–Trinajstić information content (AvgIpc) is 2.73. The lowest BCUT2D eigenvalue weighted by Crippen LogP contribution is -2.73. The van der Waals surface area contributed by atoms with E-state index >= 15 is 0 Å². The summed E-state index contributed by atoms with van der Waals surface area (Å²) >= 11 is 1.69. The zero-order chi connectivity index (χ0) is 20.1. The molecule has 0 radical (unpaired) electrons. The van der Waals surface area contributed by atoms with E-state index in [2.05, 4.69) is 17.1 Å². The minimum atomic E-state index is -0.297. The topological polar surface area (TPSA) is 66.2 Å². The van der Waals surface area contributed by atoms with Crippen molar-refractivity contribution in [1.82, 2.24) is 9.97 Å². The zero-order valence-corrected chi connectivity index (χ0v) is 17.1. The Morgan fingerprint density at radius 1 is 1.04 bits per heavy atom. The Balaban J connectivity index is 2.22. The second-order valence-corrected chi connectivity index (χ2v) is 7.29. The number of quaternary nitrogens is 1. The second-order valence-electron chi connectivity index (χ2n) is 6.41. The molecule has 0 aliphatic carbocycles. The highest BCUT2D eigenvalue weighted by Crippen LogP contribution is 2.30. The summed E-state index contributed by atoms with van der Waals surface area (Å²) in [7, 11) is 1.94. The number of nitrogens with zero attached hydrogens (tertiary/aromatic N) is 2. The second kappa shape index (κ2) is 9.08. The van der Waals surface area contributed by atoms with Gasteiger partial charge >= 0.3 is 0 Å². The summed E-state index contributed by atoms with van der Waals surface area (Å²) in [6, 6.07) is 14.4. The Hall–Kier alpha value is -2.57. The van der Waals surface area contributed by atoms with Gasteiger partial charge in [0.2, 0.25) is 0 Å². The van der Waals surface area contributed by atoms with E-state index in [0.717, 1.165) is 28.9 Å². The van der Waals surface area contributed by atoms with Crippen LogP contribution in [0.15, 0.2) is 53.4 Å². The average molecular weight is 396 g/mol. The molecule has 0 aliphatic rings. The lowest BCUT2D eigenvalue weighted by Gasteiger charge is -2.13. The molecule has 2 aromatic carbocycles. The fourth-order valence-electron chi connectivity index (χ4n) is 3.04. The maximum atomic E-state index is 13.4. The van der Waals surface area contributed by atoms with E-state index in [4.69, 9.17) is 10.4 Å². The van der Waals surface area contributed by atoms with Crippen molar-refractivity contribution >= 4 is 23.2 Å². The molecule has 28 heavy (non-hydrogen) atoms. The smallest absolute Gasteiger partial charge is 0.183 e. The maximum Gasteiger partial charge on any atom is 0.183 e. The van der Waals surface area contributed by atoms with Gasteiger partial charge in [0.1, 0.15) is 17.2 Å². The molecule has 1 aromatic heterocycles. The van der Waals surface area contributed by atoms with Crippen molar-refractivity contribution in [3.05, 3.63) is 60.0 Å². The highest BCUT2D eigenvalue weighted by Gasteiger charge is 2.22. The third-order valence-electron chi connectivity index (χ3n) is 4.49. The van der Waals surface area contributed by atoms with Crippen molar-refractivity contribution in [2.45, 2.75) is 24.7 Å². The Bertz CT molecular complexity index is 969. The van der Waals surface area contributed by atoms with Crippen LogP contribution in [0.1, 0.15) is 25.5 Å². The molecule has 0 fully saturated rings. The standard InChI is InChI=1S/C22H23FN4S/c1-4-5-18(24)20-21(25-2)19(14-8-12-17(28-3)13-9-14)26-22(27-20)15-6-10-16(23)11-7-15/h6-13,24-25H,4-5H2,1-3H3/p+1. The number of nitrogens with one attached hydrogen (secondary N) is 1. The first-order chi connectivity index (χ1) is 13.6. The van der Waals surface area contributed by atoms with Gasteiger partial charge in [-0.2, -0.15) is 0 Å². The molecule has 3 aromatic rings. The Labute approximate surface area is 169 Å². The number of rotatable bonds is 7. The monoisotopic (exact) mass is 395 g/mol. The number of aromatic nitrogens is 2. The first-order valence-electron chi connectivity index (χ1n) is 9.27. The van der Waals surface area contributed by atoms with Crippen molar-refractivity contribution in [2.24, 2.45) is 0 Å². The van der Waals surface area contributed by atoms with Gasteiger partial charge < -0.3 is 10.7 Å². The number of halogens is 1. The molecular weight excluding hydrogens is 371 g/mol. The molecule has 0 amide bonds. The first-order valence-corrected chi connectivity index (χ1v) is 10.5. The van der Waals surface area contributed by atoms with Gasteiger partial charge in [-0.3, -0.25) is 0 Å². The highest BCUT2D eigenvalue weighted by atomic mass is 32.2. The lowest BCUT2D eigenvalue weighted by molar-refractivity contribution is -0.539. The summed E-state index contributed by atoms with van der Waals surface area (Å²) in [6.45, 7) is 2.05. The van der Waals surface area contributed by atoms with E-state index in [-0.39, 0.29) is 5.82 Å². The molecule has 3 rings (SSSR count). The van der Waals surface area contributed by atoms with Gasteiger partial charge in [-0.25, -0.2) is 14.4 Å². The predicted molar refractivity (Wildman–Crippen MR) is 114 cm³/mol. The van der Waals surface area contributed by atoms with E-state index in [1.165, 1.54) is 17.0 Å². The molecule has 1 heterocycles. The molecule has 144 valence electrons. The molecular formula is C22H24FN4S+. The minimum Gasteiger partial charge on any atom is -0.312 e. The fourth-order valence-corrected chi connectivity index (χ4v) is 3.45. The Kier molecular flexibility index (Phi) is 6.54. The SMILES string of the molecule is CCCC(=N)c1nc(-c2ccc(F)cc2)nc(-c2ccc(SC)cc2)c1[NH2+]C.